The molecule has 0 radical (unpaired) electrons. The maximum atomic E-state index is 5.96. The van der Waals surface area contributed by atoms with Gasteiger partial charge in [-0.3, -0.25) is 0 Å². The first-order valence-corrected chi connectivity index (χ1v) is 12.0. The molecule has 27 heavy (non-hydrogen) atoms. The summed E-state index contributed by atoms with van der Waals surface area (Å²) < 4.78 is 5.96. The Hall–Kier alpha value is -2.63. The van der Waals surface area contributed by atoms with Gasteiger partial charge < -0.3 is 0 Å². The average Bonchev–Trinajstić information content (AvgIpc) is 3.08. The first kappa shape index (κ1) is 17.8. The summed E-state index contributed by atoms with van der Waals surface area (Å²) in [7, 11) is 0. The Morgan fingerprint density at radius 3 is 1.26 bits per heavy atom. The van der Waals surface area contributed by atoms with Crippen LogP contribution in [0, 0.1) is 13.8 Å². The molecule has 1 aromatic heterocycles. The van der Waals surface area contributed by atoms with Gasteiger partial charge in [0.15, 0.2) is 0 Å². The van der Waals surface area contributed by atoms with E-state index in [1.54, 1.807) is 0 Å². The van der Waals surface area contributed by atoms with Crippen LogP contribution in [0.2, 0.25) is 0 Å². The first-order valence-electron chi connectivity index (χ1n) is 9.30. The maximum absolute atomic E-state index is 5.96. The van der Waals surface area contributed by atoms with Crippen molar-refractivity contribution >= 4 is 27.8 Å². The van der Waals surface area contributed by atoms with Gasteiger partial charge in [0.2, 0.25) is 0 Å². The monoisotopic (exact) mass is 372 g/mol. The Labute approximate surface area is 161 Å². The molecule has 0 fully saturated rings. The third kappa shape index (κ3) is 2.42. The fraction of sp³-hybridized carbons (Fsp3) is 0.120. The van der Waals surface area contributed by atoms with Crippen LogP contribution in [0.1, 0.15) is 11.3 Å². The van der Waals surface area contributed by atoms with E-state index < -0.39 is 6.60 Å². The van der Waals surface area contributed by atoms with E-state index in [1.807, 2.05) is 6.26 Å². The van der Waals surface area contributed by atoms with Crippen LogP contribution in [0.3, 0.4) is 0 Å². The van der Waals surface area contributed by atoms with Gasteiger partial charge in [0.1, 0.15) is 0 Å². The Morgan fingerprint density at radius 1 is 0.593 bits per heavy atom. The normalized spacial score (nSPS) is 13.1. The topological polar surface area (TPSA) is 13.1 Å². The van der Waals surface area contributed by atoms with Crippen LogP contribution in [0.4, 0.5) is 0 Å². The van der Waals surface area contributed by atoms with Crippen LogP contribution in [0.15, 0.2) is 102 Å². The van der Waals surface area contributed by atoms with Gasteiger partial charge in [0, 0.05) is 0 Å². The molecule has 1 nitrogen and oxygen atoms in total. The Balaban J connectivity index is 2.28. The van der Waals surface area contributed by atoms with Crippen LogP contribution in [0.5, 0.6) is 0 Å². The number of aryl methyl sites for hydroxylation is 2. The van der Waals surface area contributed by atoms with E-state index >= 15 is 0 Å². The molecule has 0 aliphatic carbocycles. The summed E-state index contributed by atoms with van der Waals surface area (Å²) in [6.45, 7) is 3.79. The van der Waals surface area contributed by atoms with Crippen molar-refractivity contribution in [1.82, 2.24) is 0 Å². The van der Waals surface area contributed by atoms with Gasteiger partial charge in [-0.1, -0.05) is 0 Å². The predicted molar refractivity (Wildman–Crippen MR) is 119 cm³/mol. The van der Waals surface area contributed by atoms with Gasteiger partial charge >= 0.3 is 161 Å². The van der Waals surface area contributed by atoms with Crippen LogP contribution in [-0.4, -0.2) is 6.66 Å². The van der Waals surface area contributed by atoms with E-state index in [2.05, 4.69) is 112 Å². The molecule has 0 saturated carbocycles. The van der Waals surface area contributed by atoms with E-state index in [1.165, 1.54) is 26.8 Å². The van der Waals surface area contributed by atoms with E-state index in [9.17, 15) is 0 Å². The fourth-order valence-corrected chi connectivity index (χ4v) is 10.8. The summed E-state index contributed by atoms with van der Waals surface area (Å²) in [5.41, 5.74) is 1.21. The van der Waals surface area contributed by atoms with Crippen LogP contribution >= 0.6 is 6.60 Å². The van der Waals surface area contributed by atoms with Crippen molar-refractivity contribution in [3.63, 3.8) is 0 Å². The minimum absolute atomic E-state index is 1.00. The zero-order valence-electron chi connectivity index (χ0n) is 16.1. The molecule has 0 atom stereocenters. The van der Waals surface area contributed by atoms with Crippen molar-refractivity contribution in [2.24, 2.45) is 0 Å². The van der Waals surface area contributed by atoms with Crippen LogP contribution in [0.25, 0.3) is 0 Å². The molecular weight excluding hydrogens is 347 g/mol. The molecular formula is C25H25OP. The molecule has 0 bridgehead atoms. The molecule has 0 aliphatic heterocycles. The van der Waals surface area contributed by atoms with Gasteiger partial charge in [0.25, 0.3) is 0 Å². The van der Waals surface area contributed by atoms with Gasteiger partial charge in [-0.2, -0.15) is 0 Å². The van der Waals surface area contributed by atoms with Crippen LogP contribution in [-0.2, 0) is 0 Å². The molecule has 0 spiro atoms. The fourth-order valence-electron chi connectivity index (χ4n) is 4.64. The van der Waals surface area contributed by atoms with Gasteiger partial charge in [-0.05, 0) is 0 Å². The third-order valence-corrected chi connectivity index (χ3v) is 12.4. The van der Waals surface area contributed by atoms with Crippen LogP contribution < -0.4 is 21.2 Å². The number of furan rings is 1. The standard InChI is InChI=1S/C25H25OP/c1-20-19-26-21(2)25(20)27(3,22-13-7-4-8-14-22,23-15-9-5-10-16-23)24-17-11-6-12-18-24/h4-19H,1-3H3. The molecule has 2 heteroatoms. The van der Waals surface area contributed by atoms with Gasteiger partial charge in [-0.25, -0.2) is 0 Å². The summed E-state index contributed by atoms with van der Waals surface area (Å²) in [6, 6.07) is 32.9. The van der Waals surface area contributed by atoms with Crippen molar-refractivity contribution in [1.29, 1.82) is 0 Å². The first-order chi connectivity index (χ1) is 13.1. The summed E-state index contributed by atoms with van der Waals surface area (Å²) in [6.07, 6.45) is 1.91. The second-order valence-corrected chi connectivity index (χ2v) is 12.5. The van der Waals surface area contributed by atoms with Crippen molar-refractivity contribution in [2.75, 3.05) is 6.66 Å². The number of benzene rings is 3. The molecule has 0 aliphatic rings. The predicted octanol–water partition coefficient (Wildman–Crippen LogP) is 4.68. The summed E-state index contributed by atoms with van der Waals surface area (Å²) in [4.78, 5) is 0. The summed E-state index contributed by atoms with van der Waals surface area (Å²) in [5, 5.41) is 5.40. The molecule has 1 heterocycles. The molecule has 4 rings (SSSR count). The summed E-state index contributed by atoms with van der Waals surface area (Å²) in [5.74, 6) is 1.00. The second-order valence-electron chi connectivity index (χ2n) is 7.40. The molecule has 4 aromatic rings. The van der Waals surface area contributed by atoms with E-state index in [4.69, 9.17) is 4.42 Å². The molecule has 0 amide bonds. The minimum atomic E-state index is -2.95. The van der Waals surface area contributed by atoms with E-state index in [0.29, 0.717) is 0 Å². The summed E-state index contributed by atoms with van der Waals surface area (Å²) >= 11 is 0. The quantitative estimate of drug-likeness (QED) is 0.474. The molecule has 3 aromatic carbocycles. The SMILES string of the molecule is Cc1coc(C)c1P(C)(c1ccccc1)(c1ccccc1)c1ccccc1. The van der Waals surface area contributed by atoms with Gasteiger partial charge in [0.05, 0.1) is 0 Å². The average molecular weight is 372 g/mol. The van der Waals surface area contributed by atoms with Crippen molar-refractivity contribution in [3.05, 3.63) is 109 Å². The van der Waals surface area contributed by atoms with E-state index in [-0.39, 0.29) is 0 Å². The Morgan fingerprint density at radius 2 is 0.963 bits per heavy atom. The van der Waals surface area contributed by atoms with E-state index in [0.717, 1.165) is 5.76 Å². The molecule has 0 saturated heterocycles. The number of hydrogen-bond donors (Lipinski definition) is 0. The Bertz CT molecular complexity index is 931. The van der Waals surface area contributed by atoms with Gasteiger partial charge in [-0.15, -0.1) is 0 Å². The molecule has 136 valence electrons. The molecule has 0 N–H and O–H groups in total. The zero-order chi connectivity index (χ0) is 18.9. The third-order valence-electron chi connectivity index (χ3n) is 5.88. The Kier molecular flexibility index (Phi) is 4.29. The number of rotatable bonds is 4. The second kappa shape index (κ2) is 6.51. The zero-order valence-corrected chi connectivity index (χ0v) is 17.0. The number of hydrogen-bond acceptors (Lipinski definition) is 1. The molecule has 0 unspecified atom stereocenters. The van der Waals surface area contributed by atoms with Crippen molar-refractivity contribution < 1.29 is 4.42 Å². The van der Waals surface area contributed by atoms with Crippen molar-refractivity contribution in [3.8, 4) is 0 Å². The van der Waals surface area contributed by atoms with Crippen molar-refractivity contribution in [2.45, 2.75) is 13.8 Å².